The first-order valence-corrected chi connectivity index (χ1v) is 9.44. The highest BCUT2D eigenvalue weighted by Gasteiger charge is 2.13. The Morgan fingerprint density at radius 2 is 1.61 bits per heavy atom. The first-order valence-electron chi connectivity index (χ1n) is 9.44. The van der Waals surface area contributed by atoms with Crippen LogP contribution in [-0.2, 0) is 0 Å². The van der Waals surface area contributed by atoms with Gasteiger partial charge in [-0.15, -0.1) is 0 Å². The van der Waals surface area contributed by atoms with Gasteiger partial charge >= 0.3 is 5.97 Å². The fourth-order valence-corrected chi connectivity index (χ4v) is 2.77. The van der Waals surface area contributed by atoms with Gasteiger partial charge in [-0.05, 0) is 67.1 Å². The van der Waals surface area contributed by atoms with E-state index in [1.807, 2.05) is 19.1 Å². The van der Waals surface area contributed by atoms with Crippen molar-refractivity contribution in [2.75, 3.05) is 14.2 Å². The van der Waals surface area contributed by atoms with Crippen LogP contribution in [0.25, 0.3) is 0 Å². The summed E-state index contributed by atoms with van der Waals surface area (Å²) in [7, 11) is 3.02. The number of carbonyl (C=O) groups is 2. The Morgan fingerprint density at radius 3 is 2.29 bits per heavy atom. The number of nitrogens with zero attached hydrogens (tertiary/aromatic N) is 1. The van der Waals surface area contributed by atoms with E-state index in [4.69, 9.17) is 14.2 Å². The molecule has 3 aromatic carbocycles. The summed E-state index contributed by atoms with van der Waals surface area (Å²) in [5.74, 6) is 0.530. The minimum absolute atomic E-state index is 0.291. The van der Waals surface area contributed by atoms with Crippen molar-refractivity contribution >= 4 is 18.1 Å². The van der Waals surface area contributed by atoms with E-state index in [9.17, 15) is 9.59 Å². The highest BCUT2D eigenvalue weighted by molar-refractivity contribution is 5.95. The number of hydrogen-bond acceptors (Lipinski definition) is 6. The zero-order valence-electron chi connectivity index (χ0n) is 17.4. The number of amides is 1. The van der Waals surface area contributed by atoms with E-state index in [1.165, 1.54) is 20.4 Å². The molecule has 0 aliphatic heterocycles. The minimum atomic E-state index is -0.521. The first-order chi connectivity index (χ1) is 15.0. The summed E-state index contributed by atoms with van der Waals surface area (Å²) in [5.41, 5.74) is 5.09. The van der Waals surface area contributed by atoms with Gasteiger partial charge in [0.25, 0.3) is 5.91 Å². The van der Waals surface area contributed by atoms with Crippen molar-refractivity contribution in [3.8, 4) is 17.2 Å². The molecule has 0 atom stereocenters. The number of carbonyl (C=O) groups excluding carboxylic acids is 2. The van der Waals surface area contributed by atoms with Gasteiger partial charge in [-0.2, -0.15) is 5.10 Å². The standard InChI is InChI=1S/C24H22N2O5/c1-16-5-4-6-18(13-16)23(27)26-25-15-17-7-10-20(11-8-17)31-24(28)19-9-12-21(29-2)22(14-19)30-3/h4-15H,1-3H3,(H,26,27)/b25-15+. The van der Waals surface area contributed by atoms with E-state index in [0.717, 1.165) is 11.1 Å². The monoisotopic (exact) mass is 418 g/mol. The van der Waals surface area contributed by atoms with Crippen LogP contribution in [0.4, 0.5) is 0 Å². The van der Waals surface area contributed by atoms with E-state index in [1.54, 1.807) is 54.6 Å². The number of benzene rings is 3. The van der Waals surface area contributed by atoms with Crippen LogP contribution < -0.4 is 19.6 Å². The fourth-order valence-electron chi connectivity index (χ4n) is 2.77. The fraction of sp³-hybridized carbons (Fsp3) is 0.125. The molecule has 7 nitrogen and oxygen atoms in total. The third-order valence-corrected chi connectivity index (χ3v) is 4.37. The number of rotatable bonds is 7. The lowest BCUT2D eigenvalue weighted by Crippen LogP contribution is -2.17. The van der Waals surface area contributed by atoms with Gasteiger partial charge in [0.15, 0.2) is 11.5 Å². The summed E-state index contributed by atoms with van der Waals surface area (Å²) in [6, 6.07) is 18.8. The van der Waals surface area contributed by atoms with Gasteiger partial charge in [0.1, 0.15) is 5.75 Å². The second kappa shape index (κ2) is 10.1. The highest BCUT2D eigenvalue weighted by Crippen LogP contribution is 2.28. The maximum Gasteiger partial charge on any atom is 0.343 e. The van der Waals surface area contributed by atoms with Crippen molar-refractivity contribution < 1.29 is 23.8 Å². The van der Waals surface area contributed by atoms with Crippen molar-refractivity contribution in [2.45, 2.75) is 6.92 Å². The molecule has 1 amide bonds. The van der Waals surface area contributed by atoms with Crippen LogP contribution in [0.1, 0.15) is 31.8 Å². The minimum Gasteiger partial charge on any atom is -0.493 e. The van der Waals surface area contributed by atoms with Gasteiger partial charge in [-0.1, -0.05) is 17.7 Å². The van der Waals surface area contributed by atoms with Gasteiger partial charge in [0, 0.05) is 5.56 Å². The maximum atomic E-state index is 12.4. The Bertz CT molecular complexity index is 1110. The highest BCUT2D eigenvalue weighted by atomic mass is 16.5. The first kappa shape index (κ1) is 21.6. The molecule has 0 bridgehead atoms. The predicted octanol–water partition coefficient (Wildman–Crippen LogP) is 4.00. The Labute approximate surface area is 180 Å². The van der Waals surface area contributed by atoms with Crippen LogP contribution in [0.3, 0.4) is 0 Å². The van der Waals surface area contributed by atoms with Crippen LogP contribution in [0.5, 0.6) is 17.2 Å². The molecule has 0 spiro atoms. The summed E-state index contributed by atoms with van der Waals surface area (Å²) in [6.45, 7) is 1.92. The van der Waals surface area contributed by atoms with Crippen LogP contribution in [0.15, 0.2) is 71.8 Å². The van der Waals surface area contributed by atoms with E-state index in [0.29, 0.717) is 28.4 Å². The SMILES string of the molecule is COc1ccc(C(=O)Oc2ccc(/C=N/NC(=O)c3cccc(C)c3)cc2)cc1OC. The molecule has 31 heavy (non-hydrogen) atoms. The molecule has 0 fully saturated rings. The van der Waals surface area contributed by atoms with Crippen LogP contribution in [0, 0.1) is 6.92 Å². The van der Waals surface area contributed by atoms with E-state index >= 15 is 0 Å². The second-order valence-corrected chi connectivity index (χ2v) is 6.60. The topological polar surface area (TPSA) is 86.2 Å². The number of methoxy groups -OCH3 is 2. The van der Waals surface area contributed by atoms with Crippen molar-refractivity contribution in [2.24, 2.45) is 5.10 Å². The van der Waals surface area contributed by atoms with Crippen LogP contribution in [0.2, 0.25) is 0 Å². The number of nitrogens with one attached hydrogen (secondary N) is 1. The molecule has 0 aliphatic rings. The van der Waals surface area contributed by atoms with Crippen molar-refractivity contribution in [3.63, 3.8) is 0 Å². The molecule has 1 N–H and O–H groups in total. The third-order valence-electron chi connectivity index (χ3n) is 4.37. The Balaban J connectivity index is 1.59. The lowest BCUT2D eigenvalue weighted by molar-refractivity contribution is 0.0734. The maximum absolute atomic E-state index is 12.4. The summed E-state index contributed by atoms with van der Waals surface area (Å²) in [6.07, 6.45) is 1.51. The average molecular weight is 418 g/mol. The number of ether oxygens (including phenoxy) is 3. The molecule has 3 rings (SSSR count). The Kier molecular flexibility index (Phi) is 7.01. The van der Waals surface area contributed by atoms with Gasteiger partial charge in [-0.3, -0.25) is 4.79 Å². The lowest BCUT2D eigenvalue weighted by atomic mass is 10.1. The number of hydrazone groups is 1. The molecular formula is C24H22N2O5. The zero-order chi connectivity index (χ0) is 22.2. The second-order valence-electron chi connectivity index (χ2n) is 6.60. The van der Waals surface area contributed by atoms with Crippen LogP contribution >= 0.6 is 0 Å². The lowest BCUT2D eigenvalue weighted by Gasteiger charge is -2.09. The molecule has 0 radical (unpaired) electrons. The van der Waals surface area contributed by atoms with E-state index in [2.05, 4.69) is 10.5 Å². The zero-order valence-corrected chi connectivity index (χ0v) is 17.4. The predicted molar refractivity (Wildman–Crippen MR) is 117 cm³/mol. The van der Waals surface area contributed by atoms with Gasteiger partial charge in [0.05, 0.1) is 26.0 Å². The van der Waals surface area contributed by atoms with Gasteiger partial charge in [0.2, 0.25) is 0 Å². The summed E-state index contributed by atoms with van der Waals surface area (Å²) in [5, 5.41) is 3.96. The average Bonchev–Trinajstić information content (AvgIpc) is 2.79. The van der Waals surface area contributed by atoms with E-state index < -0.39 is 5.97 Å². The Hall–Kier alpha value is -4.13. The molecule has 0 aromatic heterocycles. The summed E-state index contributed by atoms with van der Waals surface area (Å²) >= 11 is 0. The smallest absolute Gasteiger partial charge is 0.343 e. The van der Waals surface area contributed by atoms with Crippen molar-refractivity contribution in [3.05, 3.63) is 89.0 Å². The quantitative estimate of drug-likeness (QED) is 0.271. The third kappa shape index (κ3) is 5.70. The summed E-state index contributed by atoms with van der Waals surface area (Å²) < 4.78 is 15.8. The van der Waals surface area contributed by atoms with Gasteiger partial charge < -0.3 is 14.2 Å². The largest absolute Gasteiger partial charge is 0.493 e. The van der Waals surface area contributed by atoms with Crippen molar-refractivity contribution in [1.29, 1.82) is 0 Å². The number of esters is 1. The van der Waals surface area contributed by atoms with Crippen LogP contribution in [-0.4, -0.2) is 32.3 Å². The molecule has 0 heterocycles. The van der Waals surface area contributed by atoms with Crippen molar-refractivity contribution in [1.82, 2.24) is 5.43 Å². The van der Waals surface area contributed by atoms with Gasteiger partial charge in [-0.25, -0.2) is 10.2 Å². The number of aryl methyl sites for hydroxylation is 1. The molecule has 0 saturated heterocycles. The normalized spacial score (nSPS) is 10.5. The molecule has 0 saturated carbocycles. The number of hydrogen-bond donors (Lipinski definition) is 1. The van der Waals surface area contributed by atoms with E-state index in [-0.39, 0.29) is 5.91 Å². The molecule has 3 aromatic rings. The molecular weight excluding hydrogens is 396 g/mol. The molecule has 0 unspecified atom stereocenters. The molecule has 158 valence electrons. The molecule has 7 heteroatoms. The molecule has 0 aliphatic carbocycles. The Morgan fingerprint density at radius 1 is 0.871 bits per heavy atom. The summed E-state index contributed by atoms with van der Waals surface area (Å²) in [4.78, 5) is 24.5.